The molecule has 0 saturated heterocycles. The van der Waals surface area contributed by atoms with Crippen molar-refractivity contribution in [1.82, 2.24) is 15.0 Å². The molecule has 0 amide bonds. The number of ether oxygens (including phenoxy) is 1. The van der Waals surface area contributed by atoms with Gasteiger partial charge in [-0.05, 0) is 13.8 Å². The number of aliphatic hydroxyl groups excluding tert-OH is 1. The van der Waals surface area contributed by atoms with Gasteiger partial charge in [0.25, 0.3) is 0 Å². The molecule has 11 nitrogen and oxygen atoms in total. The average molecular weight is 345 g/mol. The Bertz CT molecular complexity index is 520. The SMILES string of the molecule is C=C(C)C(=O)O.C=C(C)C(=O)O.OCCOc1nc(O)nc(O)n1. The summed E-state index contributed by atoms with van der Waals surface area (Å²) in [5, 5.41) is 41.6. The molecule has 11 heteroatoms. The van der Waals surface area contributed by atoms with Gasteiger partial charge in [0.15, 0.2) is 0 Å². The Morgan fingerprint density at radius 3 is 1.54 bits per heavy atom. The first-order valence-electron chi connectivity index (χ1n) is 6.16. The van der Waals surface area contributed by atoms with Crippen LogP contribution in [0.5, 0.6) is 18.0 Å². The molecule has 1 aromatic rings. The van der Waals surface area contributed by atoms with E-state index in [1.165, 1.54) is 13.8 Å². The van der Waals surface area contributed by atoms with Gasteiger partial charge in [0.1, 0.15) is 6.61 Å². The first-order valence-corrected chi connectivity index (χ1v) is 6.16. The minimum atomic E-state index is -0.935. The second kappa shape index (κ2) is 12.3. The number of aliphatic carboxylic acids is 2. The molecule has 0 fully saturated rings. The highest BCUT2D eigenvalue weighted by Gasteiger charge is 2.03. The number of aromatic hydroxyl groups is 2. The summed E-state index contributed by atoms with van der Waals surface area (Å²) in [7, 11) is 0. The molecule has 0 unspecified atom stereocenters. The van der Waals surface area contributed by atoms with Crippen LogP contribution < -0.4 is 4.74 Å². The normalized spacial score (nSPS) is 8.62. The van der Waals surface area contributed by atoms with Gasteiger partial charge in [-0.25, -0.2) is 9.59 Å². The Morgan fingerprint density at radius 1 is 0.958 bits per heavy atom. The predicted octanol–water partition coefficient (Wildman–Crippen LogP) is -0.0519. The highest BCUT2D eigenvalue weighted by molar-refractivity contribution is 5.85. The Balaban J connectivity index is 0. The van der Waals surface area contributed by atoms with Crippen molar-refractivity contribution in [3.05, 3.63) is 24.3 Å². The molecule has 134 valence electrons. The topological polar surface area (TPSA) is 183 Å². The number of hydrogen-bond acceptors (Lipinski definition) is 9. The fraction of sp³-hybridized carbons (Fsp3) is 0.308. The predicted molar refractivity (Wildman–Crippen MR) is 80.6 cm³/mol. The van der Waals surface area contributed by atoms with Crippen molar-refractivity contribution < 1.29 is 39.9 Å². The molecule has 0 bridgehead atoms. The van der Waals surface area contributed by atoms with Gasteiger partial charge in [-0.15, -0.1) is 15.0 Å². The number of hydrogen-bond donors (Lipinski definition) is 5. The molecule has 0 aliphatic carbocycles. The molecule has 0 spiro atoms. The quantitative estimate of drug-likeness (QED) is 0.451. The third-order valence-electron chi connectivity index (χ3n) is 1.64. The zero-order valence-electron chi connectivity index (χ0n) is 13.1. The molecule has 0 atom stereocenters. The number of carboxylic acid groups (broad SMARTS) is 2. The molecule has 24 heavy (non-hydrogen) atoms. The van der Waals surface area contributed by atoms with E-state index in [1.54, 1.807) is 0 Å². The minimum Gasteiger partial charge on any atom is -0.479 e. The van der Waals surface area contributed by atoms with Crippen molar-refractivity contribution in [2.75, 3.05) is 13.2 Å². The number of aromatic nitrogens is 3. The number of carbonyl (C=O) groups is 2. The van der Waals surface area contributed by atoms with Crippen LogP contribution in [0.4, 0.5) is 0 Å². The monoisotopic (exact) mass is 345 g/mol. The fourth-order valence-electron chi connectivity index (χ4n) is 0.537. The average Bonchev–Trinajstić information content (AvgIpc) is 2.45. The fourth-order valence-corrected chi connectivity index (χ4v) is 0.537. The van der Waals surface area contributed by atoms with Crippen LogP contribution in [0, 0.1) is 0 Å². The van der Waals surface area contributed by atoms with Gasteiger partial charge in [0.05, 0.1) is 6.61 Å². The van der Waals surface area contributed by atoms with E-state index in [-0.39, 0.29) is 30.4 Å². The molecular formula is C13H19N3O8. The lowest BCUT2D eigenvalue weighted by atomic mass is 10.4. The zero-order chi connectivity index (χ0) is 19.3. The van der Waals surface area contributed by atoms with Crippen molar-refractivity contribution in [3.8, 4) is 18.0 Å². The first kappa shape index (κ1) is 23.1. The van der Waals surface area contributed by atoms with Crippen LogP contribution in [0.1, 0.15) is 13.8 Å². The van der Waals surface area contributed by atoms with Crippen LogP contribution in [0.2, 0.25) is 0 Å². The van der Waals surface area contributed by atoms with Crippen LogP contribution in [-0.4, -0.2) is 65.6 Å². The second-order valence-corrected chi connectivity index (χ2v) is 3.96. The van der Waals surface area contributed by atoms with Crippen LogP contribution in [-0.2, 0) is 9.59 Å². The van der Waals surface area contributed by atoms with Gasteiger partial charge in [0, 0.05) is 11.1 Å². The molecule has 0 aromatic carbocycles. The maximum absolute atomic E-state index is 9.60. The summed E-state index contributed by atoms with van der Waals surface area (Å²) in [4.78, 5) is 28.9. The maximum Gasteiger partial charge on any atom is 0.330 e. The summed E-state index contributed by atoms with van der Waals surface area (Å²) < 4.78 is 4.68. The van der Waals surface area contributed by atoms with Crippen molar-refractivity contribution in [1.29, 1.82) is 0 Å². The van der Waals surface area contributed by atoms with Gasteiger partial charge in [-0.3, -0.25) is 0 Å². The summed E-state index contributed by atoms with van der Waals surface area (Å²) in [5.74, 6) is -1.87. The standard InChI is InChI=1S/C5H7N3O4.2C4H6O2/c9-1-2-12-5-7-3(10)6-4(11)8-5;2*1-3(2)4(5)6/h9H,1-2H2,(H2,6,7,8,10,11);2*1H2,2H3,(H,5,6). The van der Waals surface area contributed by atoms with E-state index in [2.05, 4.69) is 32.8 Å². The van der Waals surface area contributed by atoms with Crippen LogP contribution >= 0.6 is 0 Å². The Labute approximate surface area is 137 Å². The lowest BCUT2D eigenvalue weighted by Gasteiger charge is -2.00. The van der Waals surface area contributed by atoms with Gasteiger partial charge in [-0.2, -0.15) is 0 Å². The van der Waals surface area contributed by atoms with Crippen LogP contribution in [0.15, 0.2) is 24.3 Å². The lowest BCUT2D eigenvalue weighted by molar-refractivity contribution is -0.133. The molecule has 1 aromatic heterocycles. The third kappa shape index (κ3) is 13.8. The lowest BCUT2D eigenvalue weighted by Crippen LogP contribution is -2.05. The van der Waals surface area contributed by atoms with E-state index in [4.69, 9.17) is 25.5 Å². The van der Waals surface area contributed by atoms with E-state index in [0.717, 1.165) is 0 Å². The van der Waals surface area contributed by atoms with E-state index < -0.39 is 24.0 Å². The second-order valence-electron chi connectivity index (χ2n) is 3.96. The minimum absolute atomic E-state index is 0.0110. The first-order chi connectivity index (χ1) is 11.0. The Morgan fingerprint density at radius 2 is 1.29 bits per heavy atom. The van der Waals surface area contributed by atoms with Crippen molar-refractivity contribution in [3.63, 3.8) is 0 Å². The largest absolute Gasteiger partial charge is 0.479 e. The Hall–Kier alpha value is -3.21. The summed E-state index contributed by atoms with van der Waals surface area (Å²) in [6, 6.07) is -1.49. The summed E-state index contributed by atoms with van der Waals surface area (Å²) >= 11 is 0. The van der Waals surface area contributed by atoms with Crippen molar-refractivity contribution >= 4 is 11.9 Å². The van der Waals surface area contributed by atoms with E-state index >= 15 is 0 Å². The highest BCUT2D eigenvalue weighted by atomic mass is 16.5. The van der Waals surface area contributed by atoms with Crippen LogP contribution in [0.3, 0.4) is 0 Å². The maximum atomic E-state index is 9.60. The molecule has 0 aliphatic rings. The number of carboxylic acids is 2. The summed E-state index contributed by atoms with van der Waals surface area (Å²) in [5.41, 5.74) is 0.352. The molecule has 0 radical (unpaired) electrons. The van der Waals surface area contributed by atoms with Gasteiger partial charge >= 0.3 is 30.0 Å². The number of rotatable bonds is 5. The molecule has 1 heterocycles. The van der Waals surface area contributed by atoms with Crippen molar-refractivity contribution in [2.24, 2.45) is 0 Å². The Kier molecular flexibility index (Phi) is 11.9. The van der Waals surface area contributed by atoms with Gasteiger partial charge < -0.3 is 30.3 Å². The molecule has 1 rings (SSSR count). The highest BCUT2D eigenvalue weighted by Crippen LogP contribution is 2.10. The number of aliphatic hydroxyl groups is 1. The van der Waals surface area contributed by atoms with Crippen molar-refractivity contribution in [2.45, 2.75) is 13.8 Å². The summed E-state index contributed by atoms with van der Waals surface area (Å²) in [6.07, 6.45) is 0. The van der Waals surface area contributed by atoms with E-state index in [9.17, 15) is 9.59 Å². The van der Waals surface area contributed by atoms with E-state index in [1.807, 2.05) is 0 Å². The molecule has 0 saturated carbocycles. The number of nitrogens with zero attached hydrogens (tertiary/aromatic N) is 3. The van der Waals surface area contributed by atoms with E-state index in [0.29, 0.717) is 0 Å². The third-order valence-corrected chi connectivity index (χ3v) is 1.64. The van der Waals surface area contributed by atoms with Gasteiger partial charge in [0.2, 0.25) is 0 Å². The summed E-state index contributed by atoms with van der Waals surface area (Å²) in [6.45, 7) is 8.99. The molecule has 0 aliphatic heterocycles. The molecular weight excluding hydrogens is 326 g/mol. The molecule has 5 N–H and O–H groups in total. The van der Waals surface area contributed by atoms with Gasteiger partial charge in [-0.1, -0.05) is 13.2 Å². The zero-order valence-corrected chi connectivity index (χ0v) is 13.1. The smallest absolute Gasteiger partial charge is 0.330 e. The van der Waals surface area contributed by atoms with Crippen LogP contribution in [0.25, 0.3) is 0 Å².